The van der Waals surface area contributed by atoms with Crippen LogP contribution in [0.15, 0.2) is 0 Å². The fourth-order valence-electron chi connectivity index (χ4n) is 1.33. The molecule has 0 saturated heterocycles. The van der Waals surface area contributed by atoms with Gasteiger partial charge in [0, 0.05) is 5.41 Å². The van der Waals surface area contributed by atoms with Gasteiger partial charge in [-0.15, -0.1) is 0 Å². The van der Waals surface area contributed by atoms with E-state index in [9.17, 15) is 9.59 Å². The minimum atomic E-state index is -0.560. The van der Waals surface area contributed by atoms with Crippen molar-refractivity contribution >= 4 is 11.7 Å². The van der Waals surface area contributed by atoms with Crippen molar-refractivity contribution in [2.45, 2.75) is 53.6 Å². The van der Waals surface area contributed by atoms with Gasteiger partial charge in [0.2, 0.25) is 5.91 Å². The minimum Gasteiger partial charge on any atom is -0.345 e. The average molecular weight is 228 g/mol. The summed E-state index contributed by atoms with van der Waals surface area (Å²) in [5.74, 6) is -0.186. The lowest BCUT2D eigenvalue weighted by Crippen LogP contribution is -2.51. The van der Waals surface area contributed by atoms with Crippen LogP contribution >= 0.6 is 0 Å². The Bertz CT molecular complexity index is 267. The highest BCUT2D eigenvalue weighted by Crippen LogP contribution is 2.16. The van der Waals surface area contributed by atoms with E-state index in [0.717, 1.165) is 0 Å². The second-order valence-corrected chi connectivity index (χ2v) is 5.61. The number of amides is 1. The zero-order chi connectivity index (χ0) is 13.1. The van der Waals surface area contributed by atoms with Crippen LogP contribution in [0.2, 0.25) is 0 Å². The summed E-state index contributed by atoms with van der Waals surface area (Å²) in [5, 5.41) is 2.65. The van der Waals surface area contributed by atoms with Crippen molar-refractivity contribution in [2.75, 3.05) is 0 Å². The maximum atomic E-state index is 11.8. The number of carbonyl (C=O) groups excluding carboxylic acids is 2. The fourth-order valence-corrected chi connectivity index (χ4v) is 1.33. The molecule has 0 aromatic heterocycles. The lowest BCUT2D eigenvalue weighted by Gasteiger charge is -2.24. The van der Waals surface area contributed by atoms with Gasteiger partial charge in [-0.2, -0.15) is 0 Å². The summed E-state index contributed by atoms with van der Waals surface area (Å²) >= 11 is 0. The Morgan fingerprint density at radius 2 is 1.56 bits per heavy atom. The molecule has 0 aliphatic heterocycles. The van der Waals surface area contributed by atoms with Crippen LogP contribution in [0.5, 0.6) is 0 Å². The average Bonchev–Trinajstić information content (AvgIpc) is 2.13. The Morgan fingerprint density at radius 1 is 1.12 bits per heavy atom. The lowest BCUT2D eigenvalue weighted by atomic mass is 9.87. The molecule has 94 valence electrons. The molecule has 0 fully saturated rings. The van der Waals surface area contributed by atoms with Gasteiger partial charge in [0.1, 0.15) is 0 Å². The topological polar surface area (TPSA) is 72.2 Å². The molecule has 1 amide bonds. The third-order valence-corrected chi connectivity index (χ3v) is 2.51. The maximum absolute atomic E-state index is 11.8. The first-order chi connectivity index (χ1) is 7.07. The van der Waals surface area contributed by atoms with Crippen LogP contribution in [-0.2, 0) is 9.59 Å². The van der Waals surface area contributed by atoms with Crippen LogP contribution in [-0.4, -0.2) is 23.8 Å². The molecule has 3 N–H and O–H groups in total. The Hall–Kier alpha value is -0.900. The van der Waals surface area contributed by atoms with Crippen molar-refractivity contribution in [3.05, 3.63) is 0 Å². The zero-order valence-electron chi connectivity index (χ0n) is 11.1. The largest absolute Gasteiger partial charge is 0.345 e. The molecular formula is C12H24N2O2. The molecule has 0 rings (SSSR count). The van der Waals surface area contributed by atoms with Gasteiger partial charge < -0.3 is 11.1 Å². The number of hydrogen-bond acceptors (Lipinski definition) is 3. The van der Waals surface area contributed by atoms with E-state index >= 15 is 0 Å². The van der Waals surface area contributed by atoms with Crippen molar-refractivity contribution in [3.63, 3.8) is 0 Å². The summed E-state index contributed by atoms with van der Waals surface area (Å²) in [6, 6.07) is -1.05. The number of carbonyl (C=O) groups is 2. The van der Waals surface area contributed by atoms with Crippen molar-refractivity contribution < 1.29 is 9.59 Å². The van der Waals surface area contributed by atoms with E-state index in [-0.39, 0.29) is 17.6 Å². The van der Waals surface area contributed by atoms with Gasteiger partial charge in [-0.1, -0.05) is 34.6 Å². The molecule has 0 radical (unpaired) electrons. The summed E-state index contributed by atoms with van der Waals surface area (Å²) in [4.78, 5) is 23.5. The molecule has 2 unspecified atom stereocenters. The Labute approximate surface area is 98.0 Å². The summed E-state index contributed by atoms with van der Waals surface area (Å²) in [5.41, 5.74) is 5.24. The Morgan fingerprint density at radius 3 is 1.88 bits per heavy atom. The molecule has 4 nitrogen and oxygen atoms in total. The van der Waals surface area contributed by atoms with Gasteiger partial charge in [0.15, 0.2) is 5.78 Å². The van der Waals surface area contributed by atoms with Crippen LogP contribution in [0.25, 0.3) is 0 Å². The smallest absolute Gasteiger partial charge is 0.237 e. The Balaban J connectivity index is 4.42. The predicted molar refractivity (Wildman–Crippen MR) is 64.9 cm³/mol. The molecule has 0 spiro atoms. The molecule has 0 bridgehead atoms. The second kappa shape index (κ2) is 5.43. The minimum absolute atomic E-state index is 0.0109. The number of hydrogen-bond donors (Lipinski definition) is 2. The fraction of sp³-hybridized carbons (Fsp3) is 0.833. The predicted octanol–water partition coefficient (Wildman–Crippen LogP) is 1.09. The molecule has 0 aliphatic carbocycles. The first kappa shape index (κ1) is 15.1. The Kier molecular flexibility index (Phi) is 5.13. The van der Waals surface area contributed by atoms with Crippen LogP contribution in [0.4, 0.5) is 0 Å². The zero-order valence-corrected chi connectivity index (χ0v) is 11.1. The summed E-state index contributed by atoms with van der Waals surface area (Å²) < 4.78 is 0. The molecule has 0 aliphatic rings. The first-order valence-corrected chi connectivity index (χ1v) is 5.67. The maximum Gasteiger partial charge on any atom is 0.237 e. The van der Waals surface area contributed by atoms with Crippen LogP contribution in [0.3, 0.4) is 0 Å². The molecule has 0 saturated carbocycles. The number of Topliss-reactive ketones (excluding diaryl/α,β-unsaturated/α-hetero) is 1. The van der Waals surface area contributed by atoms with Gasteiger partial charge in [-0.3, -0.25) is 9.59 Å². The van der Waals surface area contributed by atoms with E-state index in [1.165, 1.54) is 0 Å². The van der Waals surface area contributed by atoms with Crippen LogP contribution < -0.4 is 11.1 Å². The number of rotatable bonds is 4. The van der Waals surface area contributed by atoms with Gasteiger partial charge in [0.25, 0.3) is 0 Å². The quantitative estimate of drug-likeness (QED) is 0.756. The van der Waals surface area contributed by atoms with Gasteiger partial charge >= 0.3 is 0 Å². The third kappa shape index (κ3) is 4.31. The number of ketones is 1. The molecular weight excluding hydrogens is 204 g/mol. The van der Waals surface area contributed by atoms with E-state index in [2.05, 4.69) is 5.32 Å². The molecule has 0 heterocycles. The van der Waals surface area contributed by atoms with Crippen molar-refractivity contribution in [3.8, 4) is 0 Å². The SMILES string of the molecule is CC(NC(=O)C(N)C(C)C)C(=O)C(C)(C)C. The number of nitrogens with two attached hydrogens (primary N) is 1. The van der Waals surface area contributed by atoms with E-state index in [1.54, 1.807) is 6.92 Å². The summed E-state index contributed by atoms with van der Waals surface area (Å²) in [6.07, 6.45) is 0. The van der Waals surface area contributed by atoms with Crippen molar-refractivity contribution in [1.29, 1.82) is 0 Å². The molecule has 0 aromatic rings. The monoisotopic (exact) mass is 228 g/mol. The van der Waals surface area contributed by atoms with Gasteiger partial charge in [-0.25, -0.2) is 0 Å². The summed E-state index contributed by atoms with van der Waals surface area (Å²) in [7, 11) is 0. The lowest BCUT2D eigenvalue weighted by molar-refractivity contribution is -0.132. The number of nitrogens with one attached hydrogen (secondary N) is 1. The normalized spacial score (nSPS) is 15.8. The molecule has 0 aromatic carbocycles. The highest BCUT2D eigenvalue weighted by atomic mass is 16.2. The molecule has 16 heavy (non-hydrogen) atoms. The third-order valence-electron chi connectivity index (χ3n) is 2.51. The van der Waals surface area contributed by atoms with E-state index < -0.39 is 17.5 Å². The highest BCUT2D eigenvalue weighted by molar-refractivity contribution is 5.93. The first-order valence-electron chi connectivity index (χ1n) is 5.67. The molecule has 2 atom stereocenters. The van der Waals surface area contributed by atoms with Gasteiger partial charge in [-0.05, 0) is 12.8 Å². The standard InChI is InChI=1S/C12H24N2O2/c1-7(2)9(13)11(16)14-8(3)10(15)12(4,5)6/h7-9H,13H2,1-6H3,(H,14,16). The summed E-state index contributed by atoms with van der Waals surface area (Å²) in [6.45, 7) is 10.9. The van der Waals surface area contributed by atoms with E-state index in [4.69, 9.17) is 5.73 Å². The van der Waals surface area contributed by atoms with Crippen molar-refractivity contribution in [1.82, 2.24) is 5.32 Å². The highest BCUT2D eigenvalue weighted by Gasteiger charge is 2.29. The van der Waals surface area contributed by atoms with Crippen molar-refractivity contribution in [2.24, 2.45) is 17.1 Å². The second-order valence-electron chi connectivity index (χ2n) is 5.61. The van der Waals surface area contributed by atoms with E-state index in [0.29, 0.717) is 0 Å². The molecule has 4 heteroatoms. The van der Waals surface area contributed by atoms with Crippen LogP contribution in [0, 0.1) is 11.3 Å². The van der Waals surface area contributed by atoms with Gasteiger partial charge in [0.05, 0.1) is 12.1 Å². The van der Waals surface area contributed by atoms with Crippen LogP contribution in [0.1, 0.15) is 41.5 Å². The van der Waals surface area contributed by atoms with E-state index in [1.807, 2.05) is 34.6 Å².